The minimum absolute atomic E-state index is 0.0592. The standard InChI is InChI=1S/C65H66N4/c1-3-5-7-9-11-21-43-65(44-22-12-10-8-6-4-2)59-45-49(66-47-31-37-51(38-32-47)68-61-27-17-13-23-55(61)56-24-14-18-28-62(56)68)35-41-53(59)54-42-36-50(46-60(54)65)67-48-33-39-52(40-34-48)69-63-29-19-15-25-57(63)58-26-16-20-30-64(58)69/h13-20,23-42,45-46,66-67H,3-12,21-22,43-44H2,1-2H3. The summed E-state index contributed by atoms with van der Waals surface area (Å²) >= 11 is 0. The maximum atomic E-state index is 3.88. The molecule has 0 spiro atoms. The number of aromatic nitrogens is 2. The summed E-state index contributed by atoms with van der Waals surface area (Å²) in [6, 6.07) is 67.5. The van der Waals surface area contributed by atoms with E-state index in [2.05, 4.69) is 216 Å². The number of unbranched alkanes of at least 4 members (excludes halogenated alkanes) is 10. The van der Waals surface area contributed by atoms with E-state index >= 15 is 0 Å². The van der Waals surface area contributed by atoms with Crippen LogP contribution in [0.25, 0.3) is 66.1 Å². The fraction of sp³-hybridized carbons (Fsp3) is 0.262. The zero-order valence-corrected chi connectivity index (χ0v) is 40.6. The summed E-state index contributed by atoms with van der Waals surface area (Å²) in [5.74, 6) is 0. The molecule has 4 heteroatoms. The van der Waals surface area contributed by atoms with E-state index in [9.17, 15) is 0 Å². The van der Waals surface area contributed by atoms with E-state index in [0.717, 1.165) is 22.7 Å². The molecule has 0 fully saturated rings. The summed E-state index contributed by atoms with van der Waals surface area (Å²) in [5, 5.41) is 12.9. The Morgan fingerprint density at radius 1 is 0.333 bits per heavy atom. The summed E-state index contributed by atoms with van der Waals surface area (Å²) < 4.78 is 4.79. The Morgan fingerprint density at radius 2 is 0.652 bits per heavy atom. The van der Waals surface area contributed by atoms with Gasteiger partial charge < -0.3 is 19.8 Å². The van der Waals surface area contributed by atoms with Crippen LogP contribution in [0.1, 0.15) is 115 Å². The second kappa shape index (κ2) is 19.9. The van der Waals surface area contributed by atoms with Crippen LogP contribution < -0.4 is 10.6 Å². The van der Waals surface area contributed by atoms with E-state index in [4.69, 9.17) is 0 Å². The lowest BCUT2D eigenvalue weighted by atomic mass is 9.70. The van der Waals surface area contributed by atoms with Gasteiger partial charge in [-0.25, -0.2) is 0 Å². The largest absolute Gasteiger partial charge is 0.356 e. The van der Waals surface area contributed by atoms with Crippen LogP contribution in [0.4, 0.5) is 22.7 Å². The fourth-order valence-electron chi connectivity index (χ4n) is 11.9. The third-order valence-corrected chi connectivity index (χ3v) is 15.3. The molecular weight excluding hydrogens is 837 g/mol. The first-order chi connectivity index (χ1) is 34.1. The lowest BCUT2D eigenvalue weighted by Crippen LogP contribution is -2.26. The molecule has 0 saturated carbocycles. The molecule has 0 radical (unpaired) electrons. The van der Waals surface area contributed by atoms with Gasteiger partial charge in [0.15, 0.2) is 0 Å². The molecule has 0 aliphatic heterocycles. The minimum atomic E-state index is -0.0592. The first-order valence-corrected chi connectivity index (χ1v) is 26.1. The summed E-state index contributed by atoms with van der Waals surface area (Å²) in [7, 11) is 0. The number of anilines is 4. The molecule has 2 aromatic heterocycles. The highest BCUT2D eigenvalue weighted by molar-refractivity contribution is 6.10. The summed E-state index contributed by atoms with van der Waals surface area (Å²) in [5.41, 5.74) is 17.5. The Labute approximate surface area is 409 Å². The molecule has 346 valence electrons. The van der Waals surface area contributed by atoms with Gasteiger partial charge in [0.2, 0.25) is 0 Å². The summed E-state index contributed by atoms with van der Waals surface area (Å²) in [4.78, 5) is 0. The monoisotopic (exact) mass is 903 g/mol. The van der Waals surface area contributed by atoms with Crippen molar-refractivity contribution in [1.82, 2.24) is 9.13 Å². The molecule has 10 aromatic rings. The molecule has 8 aromatic carbocycles. The number of para-hydroxylation sites is 4. The van der Waals surface area contributed by atoms with Gasteiger partial charge >= 0.3 is 0 Å². The Morgan fingerprint density at radius 3 is 1.01 bits per heavy atom. The average Bonchev–Trinajstić information content (AvgIpc) is 4.00. The van der Waals surface area contributed by atoms with Gasteiger partial charge in [0.25, 0.3) is 0 Å². The third kappa shape index (κ3) is 8.60. The molecule has 1 aliphatic carbocycles. The number of fused-ring (bicyclic) bond motifs is 9. The second-order valence-corrected chi connectivity index (χ2v) is 19.7. The Balaban J connectivity index is 0.914. The molecule has 1 aliphatic rings. The highest BCUT2D eigenvalue weighted by Crippen LogP contribution is 2.56. The SMILES string of the molecule is CCCCCCCCC1(CCCCCCCC)c2cc(Nc3ccc(-n4c5ccccc5c5ccccc54)cc3)ccc2-c2ccc(Nc3ccc(-n4c5ccccc5c5ccccc54)cc3)cc21. The quantitative estimate of drug-likeness (QED) is 0.0747. The smallest absolute Gasteiger partial charge is 0.0541 e. The molecule has 2 N–H and O–H groups in total. The Bertz CT molecular complexity index is 3030. The third-order valence-electron chi connectivity index (χ3n) is 15.3. The molecule has 0 bridgehead atoms. The predicted molar refractivity (Wildman–Crippen MR) is 297 cm³/mol. The van der Waals surface area contributed by atoms with Gasteiger partial charge in [0.1, 0.15) is 0 Å². The average molecular weight is 903 g/mol. The Hall–Kier alpha value is -7.04. The zero-order valence-electron chi connectivity index (χ0n) is 40.6. The van der Waals surface area contributed by atoms with Gasteiger partial charge in [0.05, 0.1) is 22.1 Å². The van der Waals surface area contributed by atoms with Gasteiger partial charge in [0, 0.05) is 61.1 Å². The van der Waals surface area contributed by atoms with E-state index in [-0.39, 0.29) is 5.41 Å². The molecular formula is C65H66N4. The molecule has 0 saturated heterocycles. The number of hydrogen-bond acceptors (Lipinski definition) is 2. The molecule has 2 heterocycles. The summed E-state index contributed by atoms with van der Waals surface area (Å²) in [6.45, 7) is 4.64. The zero-order chi connectivity index (χ0) is 46.6. The van der Waals surface area contributed by atoms with Crippen molar-refractivity contribution >= 4 is 66.4 Å². The van der Waals surface area contributed by atoms with Crippen molar-refractivity contribution < 1.29 is 0 Å². The number of benzene rings is 8. The number of hydrogen-bond donors (Lipinski definition) is 2. The molecule has 4 nitrogen and oxygen atoms in total. The van der Waals surface area contributed by atoms with Gasteiger partial charge in [-0.05, 0) is 132 Å². The first kappa shape index (κ1) is 44.5. The van der Waals surface area contributed by atoms with Crippen LogP contribution in [0.5, 0.6) is 0 Å². The number of nitrogens with zero attached hydrogens (tertiary/aromatic N) is 2. The molecule has 69 heavy (non-hydrogen) atoms. The molecule has 0 unspecified atom stereocenters. The van der Waals surface area contributed by atoms with Crippen LogP contribution in [0.2, 0.25) is 0 Å². The van der Waals surface area contributed by atoms with Crippen molar-refractivity contribution in [2.24, 2.45) is 0 Å². The second-order valence-electron chi connectivity index (χ2n) is 19.7. The van der Waals surface area contributed by atoms with Gasteiger partial charge in [-0.1, -0.05) is 176 Å². The van der Waals surface area contributed by atoms with Crippen molar-refractivity contribution in [3.63, 3.8) is 0 Å². The van der Waals surface area contributed by atoms with Crippen LogP contribution in [0.3, 0.4) is 0 Å². The van der Waals surface area contributed by atoms with Crippen LogP contribution in [0, 0.1) is 0 Å². The fourth-order valence-corrected chi connectivity index (χ4v) is 11.9. The van der Waals surface area contributed by atoms with Crippen molar-refractivity contribution in [2.45, 2.75) is 109 Å². The van der Waals surface area contributed by atoms with Crippen LogP contribution in [-0.2, 0) is 5.41 Å². The lowest BCUT2D eigenvalue weighted by molar-refractivity contribution is 0.398. The van der Waals surface area contributed by atoms with Crippen molar-refractivity contribution in [1.29, 1.82) is 0 Å². The van der Waals surface area contributed by atoms with Crippen molar-refractivity contribution in [3.8, 4) is 22.5 Å². The van der Waals surface area contributed by atoms with Crippen molar-refractivity contribution in [2.75, 3.05) is 10.6 Å². The number of nitrogens with one attached hydrogen (secondary N) is 2. The van der Waals surface area contributed by atoms with E-state index in [1.807, 2.05) is 0 Å². The lowest BCUT2D eigenvalue weighted by Gasteiger charge is -2.33. The predicted octanol–water partition coefficient (Wildman–Crippen LogP) is 19.1. The number of rotatable bonds is 20. The maximum Gasteiger partial charge on any atom is 0.0541 e. The normalized spacial score (nSPS) is 12.8. The van der Waals surface area contributed by atoms with E-state index in [1.54, 1.807) is 0 Å². The maximum absolute atomic E-state index is 3.88. The van der Waals surface area contributed by atoms with Crippen LogP contribution in [0.15, 0.2) is 182 Å². The van der Waals surface area contributed by atoms with Gasteiger partial charge in [-0.15, -0.1) is 0 Å². The highest BCUT2D eigenvalue weighted by atomic mass is 15.0. The van der Waals surface area contributed by atoms with Crippen molar-refractivity contribution in [3.05, 3.63) is 193 Å². The topological polar surface area (TPSA) is 33.9 Å². The van der Waals surface area contributed by atoms with E-state index in [0.29, 0.717) is 0 Å². The van der Waals surface area contributed by atoms with Gasteiger partial charge in [-0.3, -0.25) is 0 Å². The Kier molecular flexibility index (Phi) is 12.8. The van der Waals surface area contributed by atoms with E-state index in [1.165, 1.54) is 167 Å². The van der Waals surface area contributed by atoms with Gasteiger partial charge in [-0.2, -0.15) is 0 Å². The molecule has 11 rings (SSSR count). The molecule has 0 amide bonds. The van der Waals surface area contributed by atoms with Crippen LogP contribution in [-0.4, -0.2) is 9.13 Å². The minimum Gasteiger partial charge on any atom is -0.356 e. The first-order valence-electron chi connectivity index (χ1n) is 26.1. The van der Waals surface area contributed by atoms with E-state index < -0.39 is 0 Å². The molecule has 0 atom stereocenters. The highest BCUT2D eigenvalue weighted by Gasteiger charge is 2.42. The van der Waals surface area contributed by atoms with Crippen LogP contribution >= 0.6 is 0 Å². The summed E-state index contributed by atoms with van der Waals surface area (Å²) in [6.07, 6.45) is 17.9.